The summed E-state index contributed by atoms with van der Waals surface area (Å²) in [5.41, 5.74) is 2.74. The lowest BCUT2D eigenvalue weighted by atomic mass is 10.1. The van der Waals surface area contributed by atoms with Crippen LogP contribution in [0.1, 0.15) is 40.7 Å². The van der Waals surface area contributed by atoms with Gasteiger partial charge in [0.15, 0.2) is 0 Å². The Kier molecular flexibility index (Phi) is 4.59. The van der Waals surface area contributed by atoms with Crippen LogP contribution in [-0.4, -0.2) is 27.5 Å². The molecule has 1 fully saturated rings. The Morgan fingerprint density at radius 1 is 1.19 bits per heavy atom. The topological polar surface area (TPSA) is 59.2 Å². The molecule has 0 spiro atoms. The molecule has 3 aromatic rings. The van der Waals surface area contributed by atoms with Crippen molar-refractivity contribution >= 4 is 21.8 Å². The minimum atomic E-state index is -0.179. The van der Waals surface area contributed by atoms with Crippen molar-refractivity contribution in [2.75, 3.05) is 6.54 Å². The molecule has 4 rings (SSSR count). The Morgan fingerprint density at radius 2 is 1.96 bits per heavy atom. The third-order valence-corrected chi connectivity index (χ3v) is 5.35. The standard InChI is InChI=1S/C20H18BrN3O2/c1-13-8-10-14(11-9-13)18-22-19(26-23-18)17-7-4-12-24(17)20(25)15-5-2-3-6-16(15)21/h2-3,5-6,8-11,17H,4,7,12H2,1H3. The van der Waals surface area contributed by atoms with Gasteiger partial charge < -0.3 is 9.42 Å². The van der Waals surface area contributed by atoms with Crippen molar-refractivity contribution in [2.45, 2.75) is 25.8 Å². The van der Waals surface area contributed by atoms with Crippen LogP contribution < -0.4 is 0 Å². The van der Waals surface area contributed by atoms with Gasteiger partial charge in [-0.15, -0.1) is 0 Å². The van der Waals surface area contributed by atoms with Crippen molar-refractivity contribution < 1.29 is 9.32 Å². The summed E-state index contributed by atoms with van der Waals surface area (Å²) in [4.78, 5) is 19.4. The number of hydrogen-bond acceptors (Lipinski definition) is 4. The first-order chi connectivity index (χ1) is 12.6. The number of aromatic nitrogens is 2. The van der Waals surface area contributed by atoms with Crippen molar-refractivity contribution in [3.8, 4) is 11.4 Å². The molecule has 6 heteroatoms. The molecule has 1 unspecified atom stereocenters. The fourth-order valence-electron chi connectivity index (χ4n) is 3.25. The molecular weight excluding hydrogens is 394 g/mol. The second-order valence-electron chi connectivity index (χ2n) is 6.46. The van der Waals surface area contributed by atoms with E-state index in [1.165, 1.54) is 5.56 Å². The summed E-state index contributed by atoms with van der Waals surface area (Å²) >= 11 is 3.46. The molecule has 0 bridgehead atoms. The van der Waals surface area contributed by atoms with Crippen molar-refractivity contribution in [3.05, 3.63) is 70.0 Å². The van der Waals surface area contributed by atoms with Crippen molar-refractivity contribution in [1.29, 1.82) is 0 Å². The number of carbonyl (C=O) groups is 1. The van der Waals surface area contributed by atoms with Gasteiger partial charge in [0, 0.05) is 16.6 Å². The van der Waals surface area contributed by atoms with Gasteiger partial charge in [-0.2, -0.15) is 4.98 Å². The number of nitrogens with zero attached hydrogens (tertiary/aromatic N) is 3. The van der Waals surface area contributed by atoms with Gasteiger partial charge in [-0.1, -0.05) is 47.1 Å². The van der Waals surface area contributed by atoms with Gasteiger partial charge in [0.05, 0.1) is 5.56 Å². The Labute approximate surface area is 160 Å². The minimum Gasteiger partial charge on any atom is -0.337 e. The van der Waals surface area contributed by atoms with Crippen LogP contribution in [0.4, 0.5) is 0 Å². The quantitative estimate of drug-likeness (QED) is 0.621. The van der Waals surface area contributed by atoms with Crippen LogP contribution in [0.25, 0.3) is 11.4 Å². The molecule has 26 heavy (non-hydrogen) atoms. The number of hydrogen-bond donors (Lipinski definition) is 0. The number of likely N-dealkylation sites (tertiary alicyclic amines) is 1. The van der Waals surface area contributed by atoms with Crippen LogP contribution in [0.15, 0.2) is 57.5 Å². The number of amides is 1. The molecule has 1 aromatic heterocycles. The predicted molar refractivity (Wildman–Crippen MR) is 102 cm³/mol. The second kappa shape index (κ2) is 7.03. The van der Waals surface area contributed by atoms with E-state index < -0.39 is 0 Å². The van der Waals surface area contributed by atoms with E-state index >= 15 is 0 Å². The largest absolute Gasteiger partial charge is 0.337 e. The van der Waals surface area contributed by atoms with E-state index in [9.17, 15) is 4.79 Å². The van der Waals surface area contributed by atoms with E-state index in [0.717, 1.165) is 22.9 Å². The van der Waals surface area contributed by atoms with Crippen molar-refractivity contribution in [3.63, 3.8) is 0 Å². The van der Waals surface area contributed by atoms with Crippen LogP contribution >= 0.6 is 15.9 Å². The molecule has 1 amide bonds. The fourth-order valence-corrected chi connectivity index (χ4v) is 3.70. The number of halogens is 1. The van der Waals surface area contributed by atoms with Gasteiger partial charge in [0.1, 0.15) is 6.04 Å². The summed E-state index contributed by atoms with van der Waals surface area (Å²) in [6.07, 6.45) is 1.74. The Hall–Kier alpha value is -2.47. The third-order valence-electron chi connectivity index (χ3n) is 4.65. The normalized spacial score (nSPS) is 16.8. The average molecular weight is 412 g/mol. The molecule has 1 saturated heterocycles. The van der Waals surface area contributed by atoms with Crippen LogP contribution in [0.3, 0.4) is 0 Å². The molecule has 0 N–H and O–H groups in total. The van der Waals surface area contributed by atoms with Gasteiger partial charge in [0.25, 0.3) is 5.91 Å². The van der Waals surface area contributed by atoms with Gasteiger partial charge in [-0.3, -0.25) is 4.79 Å². The molecule has 0 saturated carbocycles. The minimum absolute atomic E-state index is 0.0185. The lowest BCUT2D eigenvalue weighted by Gasteiger charge is -2.22. The van der Waals surface area contributed by atoms with E-state index in [-0.39, 0.29) is 11.9 Å². The van der Waals surface area contributed by atoms with E-state index in [4.69, 9.17) is 4.52 Å². The molecule has 132 valence electrons. The zero-order chi connectivity index (χ0) is 18.1. The lowest BCUT2D eigenvalue weighted by molar-refractivity contribution is 0.0709. The van der Waals surface area contributed by atoms with Crippen LogP contribution in [0.5, 0.6) is 0 Å². The third kappa shape index (κ3) is 3.17. The van der Waals surface area contributed by atoms with Crippen molar-refractivity contribution in [1.82, 2.24) is 15.0 Å². The first kappa shape index (κ1) is 17.0. The summed E-state index contributed by atoms with van der Waals surface area (Å²) in [7, 11) is 0. The first-order valence-electron chi connectivity index (χ1n) is 8.59. The number of carbonyl (C=O) groups excluding carboxylic acids is 1. The van der Waals surface area contributed by atoms with E-state index in [1.54, 1.807) is 0 Å². The predicted octanol–water partition coefficient (Wildman–Crippen LogP) is 4.78. The monoisotopic (exact) mass is 411 g/mol. The summed E-state index contributed by atoms with van der Waals surface area (Å²) in [6.45, 7) is 2.72. The van der Waals surface area contributed by atoms with E-state index in [2.05, 4.69) is 26.1 Å². The van der Waals surface area contributed by atoms with Gasteiger partial charge in [-0.25, -0.2) is 0 Å². The zero-order valence-corrected chi connectivity index (χ0v) is 15.9. The maximum absolute atomic E-state index is 13.0. The second-order valence-corrected chi connectivity index (χ2v) is 7.31. The molecule has 0 aliphatic carbocycles. The molecule has 1 aliphatic heterocycles. The fraction of sp³-hybridized carbons (Fsp3) is 0.250. The van der Waals surface area contributed by atoms with E-state index in [0.29, 0.717) is 23.8 Å². The SMILES string of the molecule is Cc1ccc(-c2noc(C3CCCN3C(=O)c3ccccc3Br)n2)cc1. The maximum Gasteiger partial charge on any atom is 0.255 e. The molecule has 2 aromatic carbocycles. The van der Waals surface area contributed by atoms with Gasteiger partial charge in [0.2, 0.25) is 11.7 Å². The Bertz CT molecular complexity index is 936. The molecule has 2 heterocycles. The number of aryl methyl sites for hydroxylation is 1. The summed E-state index contributed by atoms with van der Waals surface area (Å²) < 4.78 is 6.31. The highest BCUT2D eigenvalue weighted by atomic mass is 79.9. The molecule has 1 aliphatic rings. The van der Waals surface area contributed by atoms with Crippen LogP contribution in [0, 0.1) is 6.92 Å². The highest BCUT2D eigenvalue weighted by Crippen LogP contribution is 2.34. The van der Waals surface area contributed by atoms with Crippen LogP contribution in [0.2, 0.25) is 0 Å². The summed E-state index contributed by atoms with van der Waals surface area (Å²) in [5, 5.41) is 4.11. The summed E-state index contributed by atoms with van der Waals surface area (Å²) in [6, 6.07) is 15.3. The average Bonchev–Trinajstić information content (AvgIpc) is 3.31. The van der Waals surface area contributed by atoms with E-state index in [1.807, 2.05) is 60.4 Å². The van der Waals surface area contributed by atoms with Crippen LogP contribution in [-0.2, 0) is 0 Å². The Balaban J connectivity index is 1.60. The molecular formula is C20H18BrN3O2. The summed E-state index contributed by atoms with van der Waals surface area (Å²) in [5.74, 6) is 1.04. The molecule has 1 atom stereocenters. The smallest absolute Gasteiger partial charge is 0.255 e. The Morgan fingerprint density at radius 3 is 2.73 bits per heavy atom. The highest BCUT2D eigenvalue weighted by Gasteiger charge is 2.35. The number of benzene rings is 2. The lowest BCUT2D eigenvalue weighted by Crippen LogP contribution is -2.31. The van der Waals surface area contributed by atoms with Gasteiger partial charge in [-0.05, 0) is 47.8 Å². The molecule has 0 radical (unpaired) electrons. The molecule has 5 nitrogen and oxygen atoms in total. The van der Waals surface area contributed by atoms with Gasteiger partial charge >= 0.3 is 0 Å². The van der Waals surface area contributed by atoms with Crippen molar-refractivity contribution in [2.24, 2.45) is 0 Å². The highest BCUT2D eigenvalue weighted by molar-refractivity contribution is 9.10. The first-order valence-corrected chi connectivity index (χ1v) is 9.39. The maximum atomic E-state index is 13.0. The number of rotatable bonds is 3. The zero-order valence-electron chi connectivity index (χ0n) is 14.4.